The molecule has 0 saturated carbocycles. The SMILES string of the molecule is CCCC(=O)O.CCCCCCC.CCCCO. The molecule has 2 N–H and O–H groups in total. The highest BCUT2D eigenvalue weighted by Gasteiger charge is 1.87. The first-order valence-corrected chi connectivity index (χ1v) is 7.43. The van der Waals surface area contributed by atoms with Gasteiger partial charge < -0.3 is 10.2 Å². The van der Waals surface area contributed by atoms with Crippen molar-refractivity contribution in [3.8, 4) is 0 Å². The van der Waals surface area contributed by atoms with Gasteiger partial charge in [-0.15, -0.1) is 0 Å². The fraction of sp³-hybridized carbons (Fsp3) is 0.933. The van der Waals surface area contributed by atoms with Crippen molar-refractivity contribution < 1.29 is 15.0 Å². The van der Waals surface area contributed by atoms with Gasteiger partial charge >= 0.3 is 5.97 Å². The van der Waals surface area contributed by atoms with Crippen LogP contribution in [0.5, 0.6) is 0 Å². The first kappa shape index (κ1) is 22.6. The lowest BCUT2D eigenvalue weighted by Crippen LogP contribution is -1.90. The van der Waals surface area contributed by atoms with Gasteiger partial charge in [0.15, 0.2) is 0 Å². The maximum Gasteiger partial charge on any atom is 0.303 e. The summed E-state index contributed by atoms with van der Waals surface area (Å²) in [5.41, 5.74) is 0. The average Bonchev–Trinajstić information content (AvgIpc) is 2.32. The molecule has 0 amide bonds. The number of rotatable bonds is 8. The van der Waals surface area contributed by atoms with Crippen molar-refractivity contribution in [2.45, 2.75) is 85.5 Å². The zero-order chi connectivity index (χ0) is 14.6. The number of hydrogen-bond acceptors (Lipinski definition) is 2. The minimum absolute atomic E-state index is 0.292. The Kier molecular flexibility index (Phi) is 31.8. The summed E-state index contributed by atoms with van der Waals surface area (Å²) in [5.74, 6) is -0.711. The summed E-state index contributed by atoms with van der Waals surface area (Å²) in [4.78, 5) is 9.60. The molecule has 3 heteroatoms. The molecule has 18 heavy (non-hydrogen) atoms. The Morgan fingerprint density at radius 3 is 1.33 bits per heavy atom. The van der Waals surface area contributed by atoms with Crippen LogP contribution in [0.3, 0.4) is 0 Å². The van der Waals surface area contributed by atoms with Gasteiger partial charge in [-0.3, -0.25) is 4.79 Å². The van der Waals surface area contributed by atoms with Gasteiger partial charge in [-0.25, -0.2) is 0 Å². The highest BCUT2D eigenvalue weighted by molar-refractivity contribution is 5.66. The highest BCUT2D eigenvalue weighted by Crippen LogP contribution is 2.00. The fourth-order valence-corrected chi connectivity index (χ4v) is 1.05. The third-order valence-corrected chi connectivity index (χ3v) is 2.18. The molecule has 112 valence electrons. The Balaban J connectivity index is -0.000000190. The van der Waals surface area contributed by atoms with E-state index in [0.29, 0.717) is 13.0 Å². The van der Waals surface area contributed by atoms with Gasteiger partial charge in [0, 0.05) is 13.0 Å². The van der Waals surface area contributed by atoms with Crippen LogP contribution in [-0.2, 0) is 4.79 Å². The van der Waals surface area contributed by atoms with Crippen LogP contribution in [0.2, 0.25) is 0 Å². The largest absolute Gasteiger partial charge is 0.481 e. The molecule has 0 unspecified atom stereocenters. The van der Waals surface area contributed by atoms with E-state index >= 15 is 0 Å². The van der Waals surface area contributed by atoms with E-state index in [4.69, 9.17) is 10.2 Å². The minimum atomic E-state index is -0.711. The van der Waals surface area contributed by atoms with Gasteiger partial charge in [0.25, 0.3) is 0 Å². The molecule has 0 rings (SSSR count). The smallest absolute Gasteiger partial charge is 0.303 e. The zero-order valence-corrected chi connectivity index (χ0v) is 12.9. The Bertz CT molecular complexity index is 130. The summed E-state index contributed by atoms with van der Waals surface area (Å²) in [6, 6.07) is 0. The number of hydrogen-bond donors (Lipinski definition) is 2. The van der Waals surface area contributed by atoms with Crippen molar-refractivity contribution >= 4 is 5.97 Å². The lowest BCUT2D eigenvalue weighted by atomic mass is 10.2. The second-order valence-corrected chi connectivity index (χ2v) is 4.28. The Labute approximate surface area is 114 Å². The highest BCUT2D eigenvalue weighted by atomic mass is 16.4. The summed E-state index contributed by atoms with van der Waals surface area (Å²) < 4.78 is 0. The van der Waals surface area contributed by atoms with E-state index in [1.807, 2.05) is 6.92 Å². The number of carboxylic acid groups (broad SMARTS) is 1. The maximum absolute atomic E-state index is 9.60. The van der Waals surface area contributed by atoms with Gasteiger partial charge in [-0.1, -0.05) is 66.2 Å². The fourth-order valence-electron chi connectivity index (χ4n) is 1.05. The predicted molar refractivity (Wildman–Crippen MR) is 79.0 cm³/mol. The number of carboxylic acids is 1. The Hall–Kier alpha value is -0.570. The van der Waals surface area contributed by atoms with Crippen molar-refractivity contribution in [1.29, 1.82) is 0 Å². The monoisotopic (exact) mass is 262 g/mol. The number of carbonyl (C=O) groups is 1. The van der Waals surface area contributed by atoms with Crippen LogP contribution in [0, 0.1) is 0 Å². The number of unbranched alkanes of at least 4 members (excludes halogenated alkanes) is 5. The Morgan fingerprint density at radius 2 is 1.22 bits per heavy atom. The van der Waals surface area contributed by atoms with Crippen molar-refractivity contribution in [2.24, 2.45) is 0 Å². The van der Waals surface area contributed by atoms with Crippen LogP contribution in [0.4, 0.5) is 0 Å². The lowest BCUT2D eigenvalue weighted by molar-refractivity contribution is -0.137. The zero-order valence-electron chi connectivity index (χ0n) is 12.9. The first-order chi connectivity index (χ1) is 8.60. The normalized spacial score (nSPS) is 8.72. The second-order valence-electron chi connectivity index (χ2n) is 4.28. The molecular weight excluding hydrogens is 228 g/mol. The van der Waals surface area contributed by atoms with Crippen LogP contribution >= 0.6 is 0 Å². The molecule has 3 nitrogen and oxygen atoms in total. The third kappa shape index (κ3) is 45.2. The van der Waals surface area contributed by atoms with Gasteiger partial charge in [0.1, 0.15) is 0 Å². The van der Waals surface area contributed by atoms with Gasteiger partial charge in [0.2, 0.25) is 0 Å². The second kappa shape index (κ2) is 25.3. The topological polar surface area (TPSA) is 57.5 Å². The van der Waals surface area contributed by atoms with E-state index in [1.54, 1.807) is 0 Å². The van der Waals surface area contributed by atoms with Crippen LogP contribution in [-0.4, -0.2) is 22.8 Å². The average molecular weight is 262 g/mol. The summed E-state index contributed by atoms with van der Waals surface area (Å²) in [6.07, 6.45) is 10.1. The summed E-state index contributed by atoms with van der Waals surface area (Å²) in [7, 11) is 0. The molecular formula is C15H34O3. The summed E-state index contributed by atoms with van der Waals surface area (Å²) in [5, 5.41) is 16.0. The van der Waals surface area contributed by atoms with E-state index in [0.717, 1.165) is 19.3 Å². The predicted octanol–water partition coefficient (Wildman–Crippen LogP) is 4.63. The molecule has 0 radical (unpaired) electrons. The van der Waals surface area contributed by atoms with E-state index in [9.17, 15) is 4.79 Å². The molecule has 0 aromatic heterocycles. The van der Waals surface area contributed by atoms with Crippen molar-refractivity contribution in [3.63, 3.8) is 0 Å². The summed E-state index contributed by atoms with van der Waals surface area (Å²) >= 11 is 0. The van der Waals surface area contributed by atoms with Crippen LogP contribution in [0.1, 0.15) is 85.5 Å². The lowest BCUT2D eigenvalue weighted by Gasteiger charge is -1.90. The number of aliphatic hydroxyl groups is 1. The van der Waals surface area contributed by atoms with Crippen molar-refractivity contribution in [1.82, 2.24) is 0 Å². The van der Waals surface area contributed by atoms with E-state index in [-0.39, 0.29) is 0 Å². The molecule has 0 spiro atoms. The van der Waals surface area contributed by atoms with Crippen LogP contribution < -0.4 is 0 Å². The third-order valence-electron chi connectivity index (χ3n) is 2.18. The van der Waals surface area contributed by atoms with Gasteiger partial charge in [-0.05, 0) is 12.8 Å². The molecule has 0 aromatic rings. The van der Waals surface area contributed by atoms with E-state index < -0.39 is 5.97 Å². The number of aliphatic hydroxyl groups excluding tert-OH is 1. The molecule has 0 aromatic carbocycles. The standard InChI is InChI=1S/C7H16.C4H8O2.C4H10O/c1-3-5-7-6-4-2;1-2-3-4(5)6;1-2-3-4-5/h3-7H2,1-2H3;2-3H2,1H3,(H,5,6);5H,2-4H2,1H3. The van der Waals surface area contributed by atoms with E-state index in [1.165, 1.54) is 32.1 Å². The summed E-state index contributed by atoms with van der Waals surface area (Å²) in [6.45, 7) is 8.73. The van der Waals surface area contributed by atoms with Crippen molar-refractivity contribution in [3.05, 3.63) is 0 Å². The molecule has 0 fully saturated rings. The van der Waals surface area contributed by atoms with Gasteiger partial charge in [0.05, 0.1) is 0 Å². The molecule has 0 aliphatic carbocycles. The first-order valence-electron chi connectivity index (χ1n) is 7.43. The molecule has 0 atom stereocenters. The van der Waals surface area contributed by atoms with Crippen molar-refractivity contribution in [2.75, 3.05) is 6.61 Å². The molecule has 0 saturated heterocycles. The molecule has 0 aliphatic heterocycles. The molecule has 0 aliphatic rings. The maximum atomic E-state index is 9.60. The van der Waals surface area contributed by atoms with Crippen LogP contribution in [0.25, 0.3) is 0 Å². The number of aliphatic carboxylic acids is 1. The molecule has 0 bridgehead atoms. The Morgan fingerprint density at radius 1 is 0.778 bits per heavy atom. The van der Waals surface area contributed by atoms with Crippen LogP contribution in [0.15, 0.2) is 0 Å². The van der Waals surface area contributed by atoms with Gasteiger partial charge in [-0.2, -0.15) is 0 Å². The van der Waals surface area contributed by atoms with E-state index in [2.05, 4.69) is 20.8 Å². The quantitative estimate of drug-likeness (QED) is 0.627. The molecule has 0 heterocycles. The minimum Gasteiger partial charge on any atom is -0.481 e.